The molecule has 5 aromatic rings. The number of carbonyl (C=O) groups excluding carboxylic acids is 3. The number of aromatic nitrogens is 2. The van der Waals surface area contributed by atoms with Gasteiger partial charge in [-0.25, -0.2) is 0 Å². The molecule has 0 fully saturated rings. The van der Waals surface area contributed by atoms with Gasteiger partial charge in [0, 0.05) is 61.8 Å². The van der Waals surface area contributed by atoms with Crippen molar-refractivity contribution in [2.24, 2.45) is 0 Å². The summed E-state index contributed by atoms with van der Waals surface area (Å²) in [5.41, 5.74) is 4.49. The molecule has 12 nitrogen and oxygen atoms in total. The maximum absolute atomic E-state index is 14.7. The molecule has 0 bridgehead atoms. The highest BCUT2D eigenvalue weighted by Gasteiger charge is 2.31. The van der Waals surface area contributed by atoms with E-state index in [9.17, 15) is 19.2 Å². The number of benzene rings is 3. The minimum atomic E-state index is -0.530. The smallest absolute Gasteiger partial charge is 0.308 e. The Balaban J connectivity index is 1.83. The molecule has 1 aliphatic heterocycles. The van der Waals surface area contributed by atoms with Crippen molar-refractivity contribution >= 4 is 39.7 Å². The predicted octanol–water partition coefficient (Wildman–Crippen LogP) is 6.06. The fraction of sp³-hybridized carbons (Fsp3) is 0.297. The van der Waals surface area contributed by atoms with Crippen LogP contribution < -0.4 is 34.0 Å². The lowest BCUT2D eigenvalue weighted by Crippen LogP contribution is -2.24. The SMILES string of the molecule is CCCn1c(=O)c2c(c(-c3ccc(OC)c(OC(C)=O)c3)c3n2CCc2cc(OC(C)=O)c(OC)cc2-3)c2cc(OC)c(OC(C)=O)cc21. The number of nitrogens with zero attached hydrogens (tertiary/aromatic N) is 2. The first-order valence-corrected chi connectivity index (χ1v) is 15.8. The third-order valence-corrected chi connectivity index (χ3v) is 8.46. The molecule has 0 amide bonds. The van der Waals surface area contributed by atoms with Crippen LogP contribution in [-0.4, -0.2) is 48.4 Å². The normalized spacial score (nSPS) is 11.9. The lowest BCUT2D eigenvalue weighted by Gasteiger charge is -2.23. The van der Waals surface area contributed by atoms with E-state index < -0.39 is 17.9 Å². The molecule has 1 aliphatic rings. The highest BCUT2D eigenvalue weighted by atomic mass is 16.6. The first-order chi connectivity index (χ1) is 23.5. The lowest BCUT2D eigenvalue weighted by molar-refractivity contribution is -0.132. The summed E-state index contributed by atoms with van der Waals surface area (Å²) in [6.45, 7) is 6.76. The number of esters is 3. The maximum Gasteiger partial charge on any atom is 0.308 e. The Kier molecular flexibility index (Phi) is 8.81. The largest absolute Gasteiger partial charge is 0.493 e. The monoisotopic (exact) mass is 668 g/mol. The average Bonchev–Trinajstić information content (AvgIpc) is 3.41. The summed E-state index contributed by atoms with van der Waals surface area (Å²) in [6.07, 6.45) is 1.20. The van der Waals surface area contributed by atoms with E-state index in [1.165, 1.54) is 42.1 Å². The van der Waals surface area contributed by atoms with Crippen molar-refractivity contribution < 1.29 is 42.8 Å². The van der Waals surface area contributed by atoms with Gasteiger partial charge >= 0.3 is 17.9 Å². The zero-order valence-corrected chi connectivity index (χ0v) is 28.3. The van der Waals surface area contributed by atoms with Crippen LogP contribution in [0.1, 0.15) is 39.7 Å². The van der Waals surface area contributed by atoms with Gasteiger partial charge in [-0.05, 0) is 54.3 Å². The number of pyridine rings is 1. The molecule has 0 radical (unpaired) electrons. The third kappa shape index (κ3) is 5.73. The number of methoxy groups -OCH3 is 3. The van der Waals surface area contributed by atoms with E-state index in [1.807, 2.05) is 23.6 Å². The second kappa shape index (κ2) is 13.0. The molecular formula is C37H36N2O10. The molecule has 0 aliphatic carbocycles. The molecule has 0 atom stereocenters. The van der Waals surface area contributed by atoms with E-state index in [2.05, 4.69) is 0 Å². The first kappa shape index (κ1) is 33.1. The minimum absolute atomic E-state index is 0.186. The summed E-state index contributed by atoms with van der Waals surface area (Å²) in [5.74, 6) is 0.154. The highest BCUT2D eigenvalue weighted by molar-refractivity contribution is 6.18. The lowest BCUT2D eigenvalue weighted by atomic mass is 9.91. The summed E-state index contributed by atoms with van der Waals surface area (Å²) in [6, 6.07) is 12.3. The zero-order valence-electron chi connectivity index (χ0n) is 28.3. The number of carbonyl (C=O) groups is 3. The second-order valence-corrected chi connectivity index (χ2v) is 11.6. The van der Waals surface area contributed by atoms with Crippen LogP contribution in [0.15, 0.2) is 47.3 Å². The minimum Gasteiger partial charge on any atom is -0.493 e. The van der Waals surface area contributed by atoms with Crippen LogP contribution in [0.3, 0.4) is 0 Å². The molecule has 0 spiro atoms. The van der Waals surface area contributed by atoms with Gasteiger partial charge in [0.05, 0.1) is 32.5 Å². The van der Waals surface area contributed by atoms with Gasteiger partial charge in [0.2, 0.25) is 0 Å². The summed E-state index contributed by atoms with van der Waals surface area (Å²) >= 11 is 0. The second-order valence-electron chi connectivity index (χ2n) is 11.6. The molecule has 254 valence electrons. The van der Waals surface area contributed by atoms with Crippen LogP contribution in [-0.2, 0) is 33.9 Å². The molecule has 49 heavy (non-hydrogen) atoms. The maximum atomic E-state index is 14.7. The molecule has 2 aromatic heterocycles. The number of hydrogen-bond donors (Lipinski definition) is 0. The average molecular weight is 669 g/mol. The zero-order chi connectivity index (χ0) is 35.1. The summed E-state index contributed by atoms with van der Waals surface area (Å²) in [5, 5.41) is 1.31. The molecule has 0 unspecified atom stereocenters. The van der Waals surface area contributed by atoms with Gasteiger partial charge < -0.3 is 37.6 Å². The Hall–Kier alpha value is -5.78. The van der Waals surface area contributed by atoms with Crippen LogP contribution in [0, 0.1) is 0 Å². The molecule has 0 N–H and O–H groups in total. The van der Waals surface area contributed by atoms with Crippen LogP contribution in [0.25, 0.3) is 44.2 Å². The Morgan fingerprint density at radius 3 is 1.92 bits per heavy atom. The summed E-state index contributed by atoms with van der Waals surface area (Å²) in [4.78, 5) is 50.8. The predicted molar refractivity (Wildman–Crippen MR) is 182 cm³/mol. The highest BCUT2D eigenvalue weighted by Crippen LogP contribution is 2.50. The third-order valence-electron chi connectivity index (χ3n) is 8.46. The van der Waals surface area contributed by atoms with Crippen molar-refractivity contribution in [3.8, 4) is 56.9 Å². The van der Waals surface area contributed by atoms with E-state index in [-0.39, 0.29) is 17.1 Å². The molecular weight excluding hydrogens is 632 g/mol. The van der Waals surface area contributed by atoms with Crippen molar-refractivity contribution in [2.45, 2.75) is 53.6 Å². The number of aryl methyl sites for hydroxylation is 3. The van der Waals surface area contributed by atoms with Crippen LogP contribution in [0.4, 0.5) is 0 Å². The fourth-order valence-corrected chi connectivity index (χ4v) is 6.66. The van der Waals surface area contributed by atoms with E-state index >= 15 is 0 Å². The van der Waals surface area contributed by atoms with Gasteiger partial charge in [-0.2, -0.15) is 0 Å². The molecule has 12 heteroatoms. The Bertz CT molecular complexity index is 2240. The van der Waals surface area contributed by atoms with Gasteiger partial charge in [0.1, 0.15) is 5.52 Å². The number of ether oxygens (including phenoxy) is 6. The van der Waals surface area contributed by atoms with Crippen LogP contribution in [0.2, 0.25) is 0 Å². The Labute approximate surface area is 281 Å². The van der Waals surface area contributed by atoms with E-state index in [1.54, 1.807) is 34.9 Å². The van der Waals surface area contributed by atoms with E-state index in [0.29, 0.717) is 81.9 Å². The number of hydrogen-bond acceptors (Lipinski definition) is 10. The molecule has 3 aromatic carbocycles. The van der Waals surface area contributed by atoms with E-state index in [0.717, 1.165) is 16.8 Å². The van der Waals surface area contributed by atoms with Crippen LogP contribution >= 0.6 is 0 Å². The standard InChI is InChI=1S/C37H36N2O10/c1-8-12-38-26-18-32(49-21(4)42)29(46-7)17-25(26)34-33(23-9-10-27(44-5)30(15-23)47-19(2)40)35-24-16-28(45-6)31(48-20(3)41)14-22(24)11-13-39(35)36(34)37(38)43/h9-10,14-18H,8,11-13H2,1-7H3. The van der Waals surface area contributed by atoms with Gasteiger partial charge in [-0.1, -0.05) is 13.0 Å². The number of fused-ring (bicyclic) bond motifs is 7. The van der Waals surface area contributed by atoms with Crippen molar-refractivity contribution in [3.05, 3.63) is 58.4 Å². The quantitative estimate of drug-likeness (QED) is 0.135. The molecule has 0 saturated carbocycles. The fourth-order valence-electron chi connectivity index (χ4n) is 6.66. The van der Waals surface area contributed by atoms with Crippen molar-refractivity contribution in [2.75, 3.05) is 21.3 Å². The first-order valence-electron chi connectivity index (χ1n) is 15.8. The van der Waals surface area contributed by atoms with Gasteiger partial charge in [0.25, 0.3) is 5.56 Å². The summed E-state index contributed by atoms with van der Waals surface area (Å²) < 4.78 is 37.2. The van der Waals surface area contributed by atoms with Crippen molar-refractivity contribution in [1.29, 1.82) is 0 Å². The van der Waals surface area contributed by atoms with Gasteiger partial charge in [-0.15, -0.1) is 0 Å². The van der Waals surface area contributed by atoms with Crippen molar-refractivity contribution in [3.63, 3.8) is 0 Å². The Morgan fingerprint density at radius 1 is 0.735 bits per heavy atom. The molecule has 3 heterocycles. The summed E-state index contributed by atoms with van der Waals surface area (Å²) in [7, 11) is 4.46. The Morgan fingerprint density at radius 2 is 1.33 bits per heavy atom. The van der Waals surface area contributed by atoms with E-state index in [4.69, 9.17) is 28.4 Å². The topological polar surface area (TPSA) is 134 Å². The number of rotatable bonds is 9. The van der Waals surface area contributed by atoms with Crippen molar-refractivity contribution in [1.82, 2.24) is 9.13 Å². The molecule has 0 saturated heterocycles. The van der Waals surface area contributed by atoms with Gasteiger partial charge in [0.15, 0.2) is 34.5 Å². The molecule has 6 rings (SSSR count). The van der Waals surface area contributed by atoms with Crippen LogP contribution in [0.5, 0.6) is 34.5 Å². The van der Waals surface area contributed by atoms with Gasteiger partial charge in [-0.3, -0.25) is 19.2 Å².